The first-order valence-corrected chi connectivity index (χ1v) is 11.7. The Morgan fingerprint density at radius 2 is 2.03 bits per heavy atom. The molecular formula is C23H18FN3O2S2. The molecule has 1 aliphatic heterocycles. The maximum Gasteiger partial charge on any atom is 0.276 e. The Morgan fingerprint density at radius 3 is 2.87 bits per heavy atom. The van der Waals surface area contributed by atoms with Crippen LogP contribution < -0.4 is 10.5 Å². The average Bonchev–Trinajstić information content (AvgIpc) is 3.40. The van der Waals surface area contributed by atoms with Gasteiger partial charge in [-0.1, -0.05) is 30.0 Å². The maximum absolute atomic E-state index is 13.7. The van der Waals surface area contributed by atoms with Gasteiger partial charge < -0.3 is 4.90 Å². The quantitative estimate of drug-likeness (QED) is 0.337. The standard InChI is InChI=1S/C23H18FN3O2S2/c1-14-12-16(24)6-7-18(14)27-22(29)21-17(9-11-30-21)25-23(27)31-13-20(28)26-10-8-15-4-2-3-5-19(15)26/h2-7,9,11-12H,8,10,13H2,1H3. The topological polar surface area (TPSA) is 55.2 Å². The number of hydrogen-bond donors (Lipinski definition) is 0. The van der Waals surface area contributed by atoms with Crippen LogP contribution in [0.15, 0.2) is 63.9 Å². The number of rotatable bonds is 4. The Morgan fingerprint density at radius 1 is 1.19 bits per heavy atom. The molecule has 0 atom stereocenters. The van der Waals surface area contributed by atoms with E-state index in [1.807, 2.05) is 29.6 Å². The van der Waals surface area contributed by atoms with E-state index in [0.717, 1.165) is 17.7 Å². The molecule has 156 valence electrons. The van der Waals surface area contributed by atoms with Gasteiger partial charge in [0.1, 0.15) is 10.5 Å². The molecule has 0 spiro atoms. The summed E-state index contributed by atoms with van der Waals surface area (Å²) in [6.07, 6.45) is 0.838. The van der Waals surface area contributed by atoms with Crippen LogP contribution in [0.4, 0.5) is 10.1 Å². The van der Waals surface area contributed by atoms with Crippen molar-refractivity contribution < 1.29 is 9.18 Å². The Bertz CT molecular complexity index is 1380. The van der Waals surface area contributed by atoms with Gasteiger partial charge in [-0.3, -0.25) is 14.2 Å². The van der Waals surface area contributed by atoms with Crippen molar-refractivity contribution in [2.75, 3.05) is 17.2 Å². The van der Waals surface area contributed by atoms with Crippen LogP contribution in [0.2, 0.25) is 0 Å². The minimum atomic E-state index is -0.364. The third-order valence-corrected chi connectivity index (χ3v) is 7.18. The smallest absolute Gasteiger partial charge is 0.276 e. The summed E-state index contributed by atoms with van der Waals surface area (Å²) in [7, 11) is 0. The summed E-state index contributed by atoms with van der Waals surface area (Å²) in [6, 6.07) is 14.0. The molecule has 3 heterocycles. The molecule has 0 radical (unpaired) electrons. The Hall–Kier alpha value is -2.97. The molecule has 0 bridgehead atoms. The third kappa shape index (κ3) is 3.55. The zero-order valence-electron chi connectivity index (χ0n) is 16.7. The van der Waals surface area contributed by atoms with Crippen molar-refractivity contribution in [1.29, 1.82) is 0 Å². The summed E-state index contributed by atoms with van der Waals surface area (Å²) >= 11 is 2.55. The van der Waals surface area contributed by atoms with Gasteiger partial charge >= 0.3 is 0 Å². The first kappa shape index (κ1) is 20.0. The molecule has 5 nitrogen and oxygen atoms in total. The molecule has 0 fully saturated rings. The molecule has 0 saturated heterocycles. The lowest BCUT2D eigenvalue weighted by Crippen LogP contribution is -2.31. The van der Waals surface area contributed by atoms with Crippen LogP contribution in [0.3, 0.4) is 0 Å². The lowest BCUT2D eigenvalue weighted by molar-refractivity contribution is -0.116. The number of para-hydroxylation sites is 1. The minimum absolute atomic E-state index is 0.0306. The van der Waals surface area contributed by atoms with Crippen molar-refractivity contribution in [3.8, 4) is 5.69 Å². The average molecular weight is 452 g/mol. The number of amides is 1. The summed E-state index contributed by atoms with van der Waals surface area (Å²) in [5, 5.41) is 2.24. The number of thioether (sulfide) groups is 1. The van der Waals surface area contributed by atoms with Crippen molar-refractivity contribution in [3.05, 3.63) is 81.2 Å². The van der Waals surface area contributed by atoms with Crippen molar-refractivity contribution >= 4 is 44.9 Å². The molecule has 5 rings (SSSR count). The zero-order chi connectivity index (χ0) is 21.5. The fraction of sp³-hybridized carbons (Fsp3) is 0.174. The fourth-order valence-corrected chi connectivity index (χ4v) is 5.51. The molecule has 4 aromatic rings. The number of halogens is 1. The van der Waals surface area contributed by atoms with E-state index in [-0.39, 0.29) is 23.0 Å². The second kappa shape index (κ2) is 7.94. The van der Waals surface area contributed by atoms with Gasteiger partial charge in [-0.05, 0) is 60.2 Å². The number of fused-ring (bicyclic) bond motifs is 2. The van der Waals surface area contributed by atoms with Crippen LogP contribution in [-0.2, 0) is 11.2 Å². The number of aryl methyl sites for hydroxylation is 1. The van der Waals surface area contributed by atoms with Gasteiger partial charge in [0.05, 0.1) is 17.0 Å². The van der Waals surface area contributed by atoms with E-state index < -0.39 is 0 Å². The first-order valence-electron chi connectivity index (χ1n) is 9.81. The van der Waals surface area contributed by atoms with Crippen LogP contribution in [0.5, 0.6) is 0 Å². The van der Waals surface area contributed by atoms with Crippen molar-refractivity contribution in [3.63, 3.8) is 0 Å². The van der Waals surface area contributed by atoms with Crippen molar-refractivity contribution in [2.45, 2.75) is 18.5 Å². The third-order valence-electron chi connectivity index (χ3n) is 5.36. The van der Waals surface area contributed by atoms with Crippen molar-refractivity contribution in [2.24, 2.45) is 0 Å². The number of benzene rings is 2. The van der Waals surface area contributed by atoms with Crippen LogP contribution in [0, 0.1) is 12.7 Å². The number of nitrogens with zero attached hydrogens (tertiary/aromatic N) is 3. The van der Waals surface area contributed by atoms with E-state index in [9.17, 15) is 14.0 Å². The summed E-state index contributed by atoms with van der Waals surface area (Å²) < 4.78 is 15.7. The number of aromatic nitrogens is 2. The van der Waals surface area contributed by atoms with Crippen molar-refractivity contribution in [1.82, 2.24) is 9.55 Å². The lowest BCUT2D eigenvalue weighted by Gasteiger charge is -2.18. The zero-order valence-corrected chi connectivity index (χ0v) is 18.3. The van der Waals surface area contributed by atoms with Crippen LogP contribution in [-0.4, -0.2) is 27.8 Å². The van der Waals surface area contributed by atoms with Gasteiger partial charge in [0.25, 0.3) is 5.56 Å². The van der Waals surface area contributed by atoms with E-state index in [4.69, 9.17) is 0 Å². The highest BCUT2D eigenvalue weighted by Crippen LogP contribution is 2.30. The van der Waals surface area contributed by atoms with E-state index in [0.29, 0.717) is 33.2 Å². The van der Waals surface area contributed by atoms with Gasteiger partial charge in [0, 0.05) is 12.2 Å². The summed E-state index contributed by atoms with van der Waals surface area (Å²) in [6.45, 7) is 2.41. The Labute approximate surface area is 186 Å². The van der Waals surface area contributed by atoms with Gasteiger partial charge in [-0.25, -0.2) is 9.37 Å². The van der Waals surface area contributed by atoms with Gasteiger partial charge in [0.15, 0.2) is 5.16 Å². The Balaban J connectivity index is 1.51. The van der Waals surface area contributed by atoms with E-state index in [1.54, 1.807) is 24.0 Å². The van der Waals surface area contributed by atoms with Crippen LogP contribution in [0.1, 0.15) is 11.1 Å². The molecular weight excluding hydrogens is 433 g/mol. The van der Waals surface area contributed by atoms with Gasteiger partial charge in [0.2, 0.25) is 5.91 Å². The second-order valence-corrected chi connectivity index (χ2v) is 9.17. The highest BCUT2D eigenvalue weighted by molar-refractivity contribution is 7.99. The Kier molecular flexibility index (Phi) is 5.11. The number of carbonyl (C=O) groups is 1. The molecule has 2 aromatic carbocycles. The van der Waals surface area contributed by atoms with Gasteiger partial charge in [-0.15, -0.1) is 11.3 Å². The molecule has 1 aliphatic rings. The highest BCUT2D eigenvalue weighted by atomic mass is 32.2. The second-order valence-electron chi connectivity index (χ2n) is 7.31. The molecule has 0 unspecified atom stereocenters. The lowest BCUT2D eigenvalue weighted by atomic mass is 10.2. The van der Waals surface area contributed by atoms with Gasteiger partial charge in [-0.2, -0.15) is 0 Å². The highest BCUT2D eigenvalue weighted by Gasteiger charge is 2.25. The molecule has 2 aromatic heterocycles. The molecule has 8 heteroatoms. The van der Waals surface area contributed by atoms with E-state index >= 15 is 0 Å². The minimum Gasteiger partial charge on any atom is -0.311 e. The molecule has 31 heavy (non-hydrogen) atoms. The molecule has 0 saturated carbocycles. The fourth-order valence-electron chi connectivity index (χ4n) is 3.87. The predicted molar refractivity (Wildman–Crippen MR) is 123 cm³/mol. The largest absolute Gasteiger partial charge is 0.311 e. The molecule has 1 amide bonds. The summed E-state index contributed by atoms with van der Waals surface area (Å²) in [5.41, 5.74) is 3.69. The monoisotopic (exact) mass is 451 g/mol. The van der Waals surface area contributed by atoms with Crippen LogP contribution in [0.25, 0.3) is 15.9 Å². The van der Waals surface area contributed by atoms with E-state index in [1.165, 1.54) is 39.8 Å². The summed E-state index contributed by atoms with van der Waals surface area (Å²) in [5.74, 6) is -0.245. The molecule has 0 N–H and O–H groups in total. The predicted octanol–water partition coefficient (Wildman–Crippen LogP) is 4.58. The first-order chi connectivity index (χ1) is 15.0. The normalized spacial score (nSPS) is 13.0. The van der Waals surface area contributed by atoms with Crippen LogP contribution >= 0.6 is 23.1 Å². The number of hydrogen-bond acceptors (Lipinski definition) is 5. The SMILES string of the molecule is Cc1cc(F)ccc1-n1c(SCC(=O)N2CCc3ccccc32)nc2ccsc2c1=O. The number of thiophene rings is 1. The number of anilines is 1. The maximum atomic E-state index is 13.7. The van der Waals surface area contributed by atoms with E-state index in [2.05, 4.69) is 4.98 Å². The summed E-state index contributed by atoms with van der Waals surface area (Å²) in [4.78, 5) is 32.7. The molecule has 0 aliphatic carbocycles. The number of carbonyl (C=O) groups excluding carboxylic acids is 1.